The van der Waals surface area contributed by atoms with Gasteiger partial charge in [0.1, 0.15) is 0 Å². The predicted molar refractivity (Wildman–Crippen MR) is 67.6 cm³/mol. The van der Waals surface area contributed by atoms with Crippen LogP contribution in [0.1, 0.15) is 30.8 Å². The number of hydrogen-bond donors (Lipinski definition) is 1. The quantitative estimate of drug-likeness (QED) is 0.759. The van der Waals surface area contributed by atoms with Gasteiger partial charge in [0.25, 0.3) is 0 Å². The first-order chi connectivity index (χ1) is 8.17. The van der Waals surface area contributed by atoms with Gasteiger partial charge in [0.2, 0.25) is 0 Å². The Morgan fingerprint density at radius 3 is 3.06 bits per heavy atom. The Morgan fingerprint density at radius 2 is 2.41 bits per heavy atom. The van der Waals surface area contributed by atoms with Crippen molar-refractivity contribution in [3.63, 3.8) is 0 Å². The number of ether oxygens (including phenoxy) is 2. The van der Waals surface area contributed by atoms with Crippen LogP contribution in [0.15, 0.2) is 5.38 Å². The van der Waals surface area contributed by atoms with E-state index in [1.807, 2.05) is 6.92 Å². The first-order valence-corrected chi connectivity index (χ1v) is 6.43. The minimum Gasteiger partial charge on any atom is -0.461 e. The number of thiazole rings is 1. The second-order valence-electron chi connectivity index (χ2n) is 3.59. The van der Waals surface area contributed by atoms with E-state index >= 15 is 0 Å². The molecule has 6 heteroatoms. The number of esters is 1. The van der Waals surface area contributed by atoms with Crippen LogP contribution in [0.4, 0.5) is 5.13 Å². The highest BCUT2D eigenvalue weighted by Gasteiger charge is 2.12. The molecule has 0 radical (unpaired) electrons. The molecule has 0 saturated heterocycles. The Hall–Kier alpha value is -1.14. The van der Waals surface area contributed by atoms with Crippen LogP contribution in [0, 0.1) is 0 Å². The molecule has 1 heterocycles. The van der Waals surface area contributed by atoms with Gasteiger partial charge in [-0.25, -0.2) is 9.78 Å². The Bertz CT molecular complexity index is 354. The molecule has 96 valence electrons. The normalized spacial score (nSPS) is 12.2. The van der Waals surface area contributed by atoms with Crippen LogP contribution in [0.5, 0.6) is 0 Å². The highest BCUT2D eigenvalue weighted by atomic mass is 32.1. The van der Waals surface area contributed by atoms with Gasteiger partial charge in [-0.3, -0.25) is 0 Å². The van der Waals surface area contributed by atoms with Crippen LogP contribution in [0.25, 0.3) is 0 Å². The molecule has 0 saturated carbocycles. The van der Waals surface area contributed by atoms with Gasteiger partial charge in [0, 0.05) is 25.1 Å². The first kappa shape index (κ1) is 13.9. The topological polar surface area (TPSA) is 60.5 Å². The molecule has 1 unspecified atom stereocenters. The number of nitrogens with one attached hydrogen (secondary N) is 1. The molecule has 17 heavy (non-hydrogen) atoms. The molecular formula is C11H18N2O3S. The number of methoxy groups -OCH3 is 1. The Balaban J connectivity index is 2.47. The highest BCUT2D eigenvalue weighted by molar-refractivity contribution is 7.13. The fraction of sp³-hybridized carbons (Fsp3) is 0.636. The Labute approximate surface area is 105 Å². The van der Waals surface area contributed by atoms with Crippen LogP contribution in [-0.2, 0) is 9.47 Å². The van der Waals surface area contributed by atoms with Crippen molar-refractivity contribution in [2.24, 2.45) is 0 Å². The number of hydrogen-bond acceptors (Lipinski definition) is 6. The van der Waals surface area contributed by atoms with Crippen molar-refractivity contribution in [2.45, 2.75) is 26.3 Å². The molecule has 1 N–H and O–H groups in total. The lowest BCUT2D eigenvalue weighted by Gasteiger charge is -2.11. The Kier molecular flexibility index (Phi) is 5.93. The van der Waals surface area contributed by atoms with Crippen LogP contribution < -0.4 is 5.32 Å². The van der Waals surface area contributed by atoms with E-state index in [1.54, 1.807) is 19.4 Å². The molecule has 0 amide bonds. The molecule has 0 spiro atoms. The van der Waals surface area contributed by atoms with Gasteiger partial charge in [0.05, 0.1) is 6.61 Å². The van der Waals surface area contributed by atoms with E-state index < -0.39 is 0 Å². The van der Waals surface area contributed by atoms with E-state index in [0.29, 0.717) is 18.9 Å². The average molecular weight is 258 g/mol. The molecule has 1 atom stereocenters. The van der Waals surface area contributed by atoms with Crippen LogP contribution in [0.3, 0.4) is 0 Å². The maximum atomic E-state index is 11.4. The second kappa shape index (κ2) is 7.24. The molecule has 0 fully saturated rings. The average Bonchev–Trinajstić information content (AvgIpc) is 2.75. The second-order valence-corrected chi connectivity index (χ2v) is 4.44. The summed E-state index contributed by atoms with van der Waals surface area (Å²) in [4.78, 5) is 15.6. The lowest BCUT2D eigenvalue weighted by molar-refractivity contribution is 0.0520. The number of nitrogens with zero attached hydrogens (tertiary/aromatic N) is 1. The van der Waals surface area contributed by atoms with E-state index in [1.165, 1.54) is 11.3 Å². The minimum atomic E-state index is -0.374. The molecule has 0 aliphatic rings. The molecule has 0 aromatic carbocycles. The van der Waals surface area contributed by atoms with E-state index in [9.17, 15) is 4.79 Å². The summed E-state index contributed by atoms with van der Waals surface area (Å²) in [7, 11) is 1.68. The summed E-state index contributed by atoms with van der Waals surface area (Å²) in [6.45, 7) is 4.88. The number of carbonyl (C=O) groups is 1. The van der Waals surface area contributed by atoms with Crippen molar-refractivity contribution >= 4 is 22.4 Å². The van der Waals surface area contributed by atoms with Gasteiger partial charge in [0.15, 0.2) is 10.8 Å². The summed E-state index contributed by atoms with van der Waals surface area (Å²) >= 11 is 1.40. The molecule has 1 rings (SSSR count). The van der Waals surface area contributed by atoms with E-state index in [4.69, 9.17) is 9.47 Å². The molecule has 1 aromatic heterocycles. The number of aromatic nitrogens is 1. The third kappa shape index (κ3) is 4.70. The van der Waals surface area contributed by atoms with Gasteiger partial charge in [-0.15, -0.1) is 11.3 Å². The lowest BCUT2D eigenvalue weighted by atomic mass is 10.2. The number of anilines is 1. The van der Waals surface area contributed by atoms with Crippen molar-refractivity contribution in [1.82, 2.24) is 4.98 Å². The number of rotatable bonds is 7. The molecule has 5 nitrogen and oxygen atoms in total. The minimum absolute atomic E-state index is 0.260. The van der Waals surface area contributed by atoms with Gasteiger partial charge >= 0.3 is 5.97 Å². The van der Waals surface area contributed by atoms with Crippen molar-refractivity contribution in [3.05, 3.63) is 11.1 Å². The monoisotopic (exact) mass is 258 g/mol. The van der Waals surface area contributed by atoms with Crippen molar-refractivity contribution in [3.8, 4) is 0 Å². The molecular weight excluding hydrogens is 240 g/mol. The summed E-state index contributed by atoms with van der Waals surface area (Å²) in [6.07, 6.45) is 0.894. The zero-order valence-electron chi connectivity index (χ0n) is 10.4. The van der Waals surface area contributed by atoms with Crippen LogP contribution in [-0.4, -0.2) is 37.3 Å². The van der Waals surface area contributed by atoms with Crippen molar-refractivity contribution < 1.29 is 14.3 Å². The van der Waals surface area contributed by atoms with Crippen molar-refractivity contribution in [2.75, 3.05) is 25.6 Å². The van der Waals surface area contributed by atoms with Gasteiger partial charge in [-0.05, 0) is 20.3 Å². The third-order valence-electron chi connectivity index (χ3n) is 2.11. The van der Waals surface area contributed by atoms with Crippen LogP contribution in [0.2, 0.25) is 0 Å². The summed E-state index contributed by atoms with van der Waals surface area (Å²) < 4.78 is 9.86. The van der Waals surface area contributed by atoms with E-state index in [0.717, 1.165) is 11.6 Å². The summed E-state index contributed by atoms with van der Waals surface area (Å²) in [5.74, 6) is -0.374. The largest absolute Gasteiger partial charge is 0.461 e. The van der Waals surface area contributed by atoms with Crippen LogP contribution >= 0.6 is 11.3 Å². The summed E-state index contributed by atoms with van der Waals surface area (Å²) in [5.41, 5.74) is 0.360. The van der Waals surface area contributed by atoms with Crippen molar-refractivity contribution in [1.29, 1.82) is 0 Å². The van der Waals surface area contributed by atoms with Gasteiger partial charge < -0.3 is 14.8 Å². The molecule has 1 aromatic rings. The smallest absolute Gasteiger partial charge is 0.357 e. The molecule has 0 aliphatic carbocycles. The number of carbonyl (C=O) groups excluding carboxylic acids is 1. The Morgan fingerprint density at radius 1 is 1.65 bits per heavy atom. The highest BCUT2D eigenvalue weighted by Crippen LogP contribution is 2.17. The lowest BCUT2D eigenvalue weighted by Crippen LogP contribution is -2.17. The van der Waals surface area contributed by atoms with E-state index in [-0.39, 0.29) is 12.0 Å². The van der Waals surface area contributed by atoms with E-state index in [2.05, 4.69) is 10.3 Å². The summed E-state index contributed by atoms with van der Waals surface area (Å²) in [5, 5.41) is 5.64. The first-order valence-electron chi connectivity index (χ1n) is 5.55. The summed E-state index contributed by atoms with van der Waals surface area (Å²) in [6, 6.07) is 0.260. The zero-order valence-corrected chi connectivity index (χ0v) is 11.2. The molecule has 0 aliphatic heterocycles. The fourth-order valence-corrected chi connectivity index (χ4v) is 2.01. The zero-order chi connectivity index (χ0) is 12.7. The maximum Gasteiger partial charge on any atom is 0.357 e. The fourth-order valence-electron chi connectivity index (χ4n) is 1.22. The predicted octanol–water partition coefficient (Wildman–Crippen LogP) is 2.16. The molecule has 0 bridgehead atoms. The van der Waals surface area contributed by atoms with Gasteiger partial charge in [-0.1, -0.05) is 0 Å². The SMILES string of the molecule is CCOC(=O)c1csc(NC(C)CCOC)n1. The standard InChI is InChI=1S/C11H18N2O3S/c1-4-16-10(14)9-7-17-11(13-9)12-8(2)5-6-15-3/h7-8H,4-6H2,1-3H3,(H,12,13). The van der Waals surface area contributed by atoms with Gasteiger partial charge in [-0.2, -0.15) is 0 Å². The maximum absolute atomic E-state index is 11.4. The third-order valence-corrected chi connectivity index (χ3v) is 2.89.